The quantitative estimate of drug-likeness (QED) is 0.0136. The van der Waals surface area contributed by atoms with E-state index in [1.54, 1.807) is 24.3 Å². The van der Waals surface area contributed by atoms with E-state index in [2.05, 4.69) is 77.8 Å². The van der Waals surface area contributed by atoms with Crippen LogP contribution in [0, 0.1) is 0 Å². The standard InChI is InChI=1S/C101H167Cl3N2O30P2/c1-12-22-26-30-34-38-39-43-47-51-55-59-87(108)129-82(57-53-49-45-41-36-32-28-24-14-3)73-89(110)135-95-91(106-98(112)123-78-101(102,103)104)97(133-85(76-118-75-79-60-62-80(117-11)63-61-79)93(95)136-138(116,126-68-20-9)127-69-21-10)122-77-84-92(111)94(134-88(109)74-83(131-100(114)121-65-17-6)58-54-50-46-42-37-33-29-25-15-4)90(96(132-84)119-70-71-128-137(115,124-66-18-7)125-67-19-8)105-86(107)72-81(130-99(113)120-64-16-5)56-52-48-44-40-35-31-27-23-13-2/h16-21,60-63,81-85,90-97,111H,5-10,12-15,22-59,64-78H2,1-4,11H3,(H,105,107)(H,106,112)/t81-,82-,83-,84-,85-,90-,91-,92-,93-,94-,95-,96+,97-/m1/s1. The molecule has 0 aromatic heterocycles. The summed E-state index contributed by atoms with van der Waals surface area (Å²) in [5.41, 5.74) is 0.605. The van der Waals surface area contributed by atoms with Crippen LogP contribution < -0.4 is 15.4 Å². The third-order valence-electron chi connectivity index (χ3n) is 22.8. The molecule has 13 atom stereocenters. The molecule has 0 aliphatic carbocycles. The fourth-order valence-electron chi connectivity index (χ4n) is 15.5. The van der Waals surface area contributed by atoms with Gasteiger partial charge < -0.3 is 82.1 Å². The van der Waals surface area contributed by atoms with Gasteiger partial charge in [0.25, 0.3) is 0 Å². The molecule has 0 unspecified atom stereocenters. The smallest absolute Gasteiger partial charge is 0.497 e. The average Bonchev–Trinajstić information content (AvgIpc) is 0.771. The molecule has 2 fully saturated rings. The van der Waals surface area contributed by atoms with E-state index in [9.17, 15) is 28.8 Å². The van der Waals surface area contributed by atoms with Crippen LogP contribution in [0.1, 0.15) is 322 Å². The zero-order valence-electron chi connectivity index (χ0n) is 83.1. The maximum absolute atomic E-state index is 15.6. The number of methoxy groups -OCH3 is 1. The van der Waals surface area contributed by atoms with E-state index >= 15 is 18.9 Å². The number of amides is 2. The van der Waals surface area contributed by atoms with Crippen molar-refractivity contribution in [2.75, 3.05) is 79.8 Å². The summed E-state index contributed by atoms with van der Waals surface area (Å²) < 4.78 is 147. The minimum absolute atomic E-state index is 0.0652. The number of phosphoric acid groups is 2. The Balaban J connectivity index is 2.50. The summed E-state index contributed by atoms with van der Waals surface area (Å²) >= 11 is 18.6. The normalized spacial score (nSPS) is 18.9. The number of hydrogen-bond donors (Lipinski definition) is 3. The fraction of sp³-hybridized carbons (Fsp3) is 0.752. The first-order valence-corrected chi connectivity index (χ1v) is 54.5. The SMILES string of the molecule is C=CCOC(=O)O[C@H](CCCCCCCCCCC)CC(=O)N[C@H]1[C@@H](OCCOP(=O)(OCC=C)OCC=C)O[C@H](CO[C@@H]2O[C@H](COCc3ccc(OC)cc3)[C@@H](OP(=O)(OCC=C)OCC=C)[C@H](OC(=O)C[C@@H](CCCCCCCCCCC)OC(=O)CCCCCCCCCCCCC)[C@H]2NC(=O)OCC(Cl)(Cl)Cl)[C@@H](O)[C@@H]1OC(=O)C[C@@H](CCCCCCCCCCC)OC(=O)OCC=C. The van der Waals surface area contributed by atoms with E-state index < -0.39 is 207 Å². The summed E-state index contributed by atoms with van der Waals surface area (Å²) in [6, 6.07) is 3.07. The Bertz CT molecular complexity index is 3560. The number of alkyl carbamates (subject to hydrolysis) is 1. The lowest BCUT2D eigenvalue weighted by molar-refractivity contribution is -0.306. The first-order valence-electron chi connectivity index (χ1n) is 50.4. The fourth-order valence-corrected chi connectivity index (χ4v) is 18.1. The molecule has 3 rings (SSSR count). The van der Waals surface area contributed by atoms with E-state index in [4.69, 9.17) is 128 Å². The highest BCUT2D eigenvalue weighted by atomic mass is 35.6. The molecule has 792 valence electrons. The van der Waals surface area contributed by atoms with Crippen molar-refractivity contribution >= 4 is 92.7 Å². The van der Waals surface area contributed by atoms with Crippen molar-refractivity contribution in [3.63, 3.8) is 0 Å². The molecule has 2 aliphatic rings. The number of alkyl halides is 3. The number of nitrogens with one attached hydrogen (secondary N) is 2. The minimum Gasteiger partial charge on any atom is -0.497 e. The predicted octanol–water partition coefficient (Wildman–Crippen LogP) is 24.2. The summed E-state index contributed by atoms with van der Waals surface area (Å²) in [4.78, 5) is 101. The summed E-state index contributed by atoms with van der Waals surface area (Å²) in [5, 5.41) is 18.8. The third-order valence-corrected chi connectivity index (χ3v) is 26.0. The summed E-state index contributed by atoms with van der Waals surface area (Å²) in [6.07, 6.45) is 21.1. The van der Waals surface area contributed by atoms with Gasteiger partial charge >= 0.3 is 52.0 Å². The van der Waals surface area contributed by atoms with Crippen LogP contribution in [0.25, 0.3) is 0 Å². The van der Waals surface area contributed by atoms with Gasteiger partial charge in [-0.05, 0) is 62.6 Å². The van der Waals surface area contributed by atoms with Crippen molar-refractivity contribution in [3.8, 4) is 5.75 Å². The summed E-state index contributed by atoms with van der Waals surface area (Å²) in [5.74, 6) is -3.03. The molecule has 1 aromatic carbocycles. The van der Waals surface area contributed by atoms with Crippen LogP contribution in [0.5, 0.6) is 5.75 Å². The van der Waals surface area contributed by atoms with Gasteiger partial charge in [-0.25, -0.2) is 23.5 Å². The Hall–Kier alpha value is -6.00. The number of ether oxygens (including phenoxy) is 14. The molecule has 2 aliphatic heterocycles. The average molecular weight is 2060 g/mol. The van der Waals surface area contributed by atoms with Crippen LogP contribution in [-0.4, -0.2) is 211 Å². The molecule has 32 nitrogen and oxygen atoms in total. The number of unbranched alkanes of at least 4 members (excludes halogenated alkanes) is 34. The molecule has 0 spiro atoms. The molecular formula is C101H167Cl3N2O30P2. The van der Waals surface area contributed by atoms with Crippen molar-refractivity contribution in [2.24, 2.45) is 0 Å². The Kier molecular flexibility index (Phi) is 72.6. The lowest BCUT2D eigenvalue weighted by atomic mass is 9.95. The molecular weight excluding hydrogens is 1890 g/mol. The van der Waals surface area contributed by atoms with Gasteiger partial charge in [-0.2, -0.15) is 0 Å². The van der Waals surface area contributed by atoms with Crippen LogP contribution in [0.4, 0.5) is 14.4 Å². The zero-order valence-corrected chi connectivity index (χ0v) is 87.2. The second-order valence-corrected chi connectivity index (χ2v) is 40.5. The second kappa shape index (κ2) is 79.4. The maximum Gasteiger partial charge on any atom is 0.508 e. The van der Waals surface area contributed by atoms with Gasteiger partial charge in [0.15, 0.2) is 24.8 Å². The molecule has 3 N–H and O–H groups in total. The van der Waals surface area contributed by atoms with Crippen molar-refractivity contribution < 1.29 is 141 Å². The van der Waals surface area contributed by atoms with Crippen molar-refractivity contribution in [1.82, 2.24) is 10.6 Å². The number of benzene rings is 1. The van der Waals surface area contributed by atoms with Crippen LogP contribution >= 0.6 is 50.4 Å². The number of aliphatic hydroxyl groups is 1. The Morgan fingerprint density at radius 1 is 0.435 bits per heavy atom. The number of hydrogen-bond acceptors (Lipinski definition) is 30. The summed E-state index contributed by atoms with van der Waals surface area (Å²) in [6.45, 7) is 24.9. The molecule has 138 heavy (non-hydrogen) atoms. The van der Waals surface area contributed by atoms with Crippen LogP contribution in [-0.2, 0) is 124 Å². The van der Waals surface area contributed by atoms with E-state index in [1.807, 2.05) is 0 Å². The van der Waals surface area contributed by atoms with Gasteiger partial charge in [0, 0.05) is 6.42 Å². The lowest BCUT2D eigenvalue weighted by Gasteiger charge is -2.47. The van der Waals surface area contributed by atoms with Gasteiger partial charge in [0.2, 0.25) is 9.70 Å². The third kappa shape index (κ3) is 59.9. The molecule has 0 bridgehead atoms. The van der Waals surface area contributed by atoms with Gasteiger partial charge in [-0.3, -0.25) is 46.3 Å². The Morgan fingerprint density at radius 2 is 0.826 bits per heavy atom. The minimum atomic E-state index is -4.99. The number of rotatable bonds is 87. The number of carbonyl (C=O) groups is 7. The zero-order chi connectivity index (χ0) is 101. The number of aliphatic hydroxyl groups excluding tert-OH is 1. The highest BCUT2D eigenvalue weighted by Gasteiger charge is 2.56. The van der Waals surface area contributed by atoms with Crippen molar-refractivity contribution in [3.05, 3.63) is 106 Å². The number of halogens is 3. The lowest BCUT2D eigenvalue weighted by Crippen LogP contribution is -2.68. The van der Waals surface area contributed by atoms with Gasteiger partial charge in [-0.15, -0.1) is 26.3 Å². The molecule has 2 amide bonds. The van der Waals surface area contributed by atoms with E-state index in [0.29, 0.717) is 43.4 Å². The van der Waals surface area contributed by atoms with Gasteiger partial charge in [-0.1, -0.05) is 343 Å². The highest BCUT2D eigenvalue weighted by Crippen LogP contribution is 2.53. The van der Waals surface area contributed by atoms with E-state index in [1.165, 1.54) is 75.7 Å². The first-order chi connectivity index (χ1) is 66.7. The predicted molar refractivity (Wildman–Crippen MR) is 532 cm³/mol. The Morgan fingerprint density at radius 3 is 1.26 bits per heavy atom. The molecule has 0 saturated carbocycles. The molecule has 37 heteroatoms. The van der Waals surface area contributed by atoms with E-state index in [-0.39, 0.29) is 58.7 Å². The van der Waals surface area contributed by atoms with Crippen molar-refractivity contribution in [2.45, 2.75) is 407 Å². The molecule has 2 saturated heterocycles. The van der Waals surface area contributed by atoms with Crippen LogP contribution in [0.2, 0.25) is 0 Å². The number of carbonyl (C=O) groups excluding carboxylic acids is 7. The number of phosphoric ester groups is 2. The van der Waals surface area contributed by atoms with E-state index in [0.717, 1.165) is 180 Å². The van der Waals surface area contributed by atoms with Gasteiger partial charge in [0.1, 0.15) is 80.4 Å². The molecule has 0 radical (unpaired) electrons. The molecule has 1 aromatic rings. The van der Waals surface area contributed by atoms with Gasteiger partial charge in [0.05, 0.1) is 85.8 Å². The highest BCUT2D eigenvalue weighted by molar-refractivity contribution is 7.48. The topological polar surface area (TPSA) is 383 Å². The summed E-state index contributed by atoms with van der Waals surface area (Å²) in [7, 11) is -7.92. The van der Waals surface area contributed by atoms with Crippen LogP contribution in [0.3, 0.4) is 0 Å². The number of esters is 3. The molecule has 2 heterocycles. The first kappa shape index (κ1) is 126. The second-order valence-electron chi connectivity index (χ2n) is 34.7. The maximum atomic E-state index is 15.6. The van der Waals surface area contributed by atoms with Crippen molar-refractivity contribution in [1.29, 1.82) is 0 Å². The monoisotopic (exact) mass is 2060 g/mol. The Labute approximate surface area is 837 Å². The van der Waals surface area contributed by atoms with Crippen LogP contribution in [0.15, 0.2) is 100 Å². The largest absolute Gasteiger partial charge is 0.508 e.